The predicted molar refractivity (Wildman–Crippen MR) is 76.5 cm³/mol. The molecule has 3 atom stereocenters. The van der Waals surface area contributed by atoms with Crippen molar-refractivity contribution >= 4 is 69.5 Å². The van der Waals surface area contributed by atoms with Crippen molar-refractivity contribution in [2.24, 2.45) is 10.8 Å². The average Bonchev–Trinajstić information content (AvgIpc) is 2.45. The predicted octanol–water partition coefficient (Wildman–Crippen LogP) is 4.39. The highest BCUT2D eigenvalue weighted by atomic mass is 79.9. The lowest BCUT2D eigenvalue weighted by molar-refractivity contribution is -0.131. The summed E-state index contributed by atoms with van der Waals surface area (Å²) < 4.78 is -0.209. The first-order chi connectivity index (χ1) is 6.71. The lowest BCUT2D eigenvalue weighted by Crippen LogP contribution is -2.45. The first-order valence-electron chi connectivity index (χ1n) is 4.87. The molecule has 86 valence electrons. The third kappa shape index (κ3) is 1.27. The van der Waals surface area contributed by atoms with Crippen LogP contribution in [0.1, 0.15) is 26.7 Å². The molecule has 0 heterocycles. The molecule has 2 aliphatic rings. The van der Waals surface area contributed by atoms with Crippen LogP contribution in [0.4, 0.5) is 0 Å². The van der Waals surface area contributed by atoms with Gasteiger partial charge in [-0.1, -0.05) is 77.6 Å². The molecule has 2 fully saturated rings. The Morgan fingerprint density at radius 1 is 1.33 bits per heavy atom. The highest BCUT2D eigenvalue weighted by Gasteiger charge is 2.75. The van der Waals surface area contributed by atoms with Crippen LogP contribution in [0.15, 0.2) is 0 Å². The van der Waals surface area contributed by atoms with Crippen molar-refractivity contribution in [1.82, 2.24) is 0 Å². The van der Waals surface area contributed by atoms with Crippen LogP contribution in [-0.2, 0) is 4.79 Å². The quantitative estimate of drug-likeness (QED) is 0.523. The van der Waals surface area contributed by atoms with Crippen molar-refractivity contribution in [2.75, 3.05) is 0 Å². The van der Waals surface area contributed by atoms with Crippen LogP contribution in [0, 0.1) is 10.8 Å². The van der Waals surface area contributed by atoms with Gasteiger partial charge < -0.3 is 0 Å². The summed E-state index contributed by atoms with van der Waals surface area (Å²) >= 11 is 14.6. The maximum atomic E-state index is 12.4. The second-order valence-electron chi connectivity index (χ2n) is 5.02. The van der Waals surface area contributed by atoms with Gasteiger partial charge >= 0.3 is 0 Å². The molecule has 2 rings (SSSR count). The molecule has 0 radical (unpaired) electrons. The van der Waals surface area contributed by atoms with E-state index in [2.05, 4.69) is 77.6 Å². The zero-order valence-corrected chi connectivity index (χ0v) is 14.8. The van der Waals surface area contributed by atoms with E-state index in [9.17, 15) is 4.79 Å². The van der Waals surface area contributed by atoms with Crippen molar-refractivity contribution in [3.63, 3.8) is 0 Å². The number of ketones is 1. The molecule has 0 amide bonds. The zero-order valence-electron chi connectivity index (χ0n) is 8.49. The van der Waals surface area contributed by atoms with Crippen LogP contribution in [0.3, 0.4) is 0 Å². The number of carbonyl (C=O) groups excluding carboxylic acids is 1. The molecule has 5 heteroatoms. The van der Waals surface area contributed by atoms with Gasteiger partial charge in [-0.15, -0.1) is 0 Å². The number of hydrogen-bond acceptors (Lipinski definition) is 1. The third-order valence-corrected chi connectivity index (χ3v) is 9.32. The van der Waals surface area contributed by atoms with Gasteiger partial charge in [0, 0.05) is 15.7 Å². The maximum Gasteiger partial charge on any atom is 0.156 e. The minimum atomic E-state index is -0.365. The summed E-state index contributed by atoms with van der Waals surface area (Å²) in [6.45, 7) is 4.11. The van der Waals surface area contributed by atoms with Gasteiger partial charge in [-0.3, -0.25) is 4.79 Å². The van der Waals surface area contributed by atoms with E-state index in [4.69, 9.17) is 0 Å². The number of Topliss-reactive ketones (excluding diaryl/α,β-unsaturated/α-hetero) is 1. The van der Waals surface area contributed by atoms with Crippen LogP contribution < -0.4 is 0 Å². The lowest BCUT2D eigenvalue weighted by Gasteiger charge is -2.43. The second kappa shape index (κ2) is 3.55. The van der Waals surface area contributed by atoms with Gasteiger partial charge in [0.05, 0.1) is 8.06 Å². The Hall–Kier alpha value is 1.59. The van der Waals surface area contributed by atoms with Gasteiger partial charge in [-0.05, 0) is 12.8 Å². The molecular weight excluding hydrogens is 456 g/mol. The van der Waals surface area contributed by atoms with E-state index in [1.165, 1.54) is 0 Å². The summed E-state index contributed by atoms with van der Waals surface area (Å²) in [5, 5.41) is 0. The molecule has 2 aliphatic carbocycles. The molecule has 0 N–H and O–H groups in total. The van der Waals surface area contributed by atoms with E-state index in [-0.39, 0.29) is 23.7 Å². The van der Waals surface area contributed by atoms with E-state index in [0.29, 0.717) is 5.78 Å². The Kier molecular flexibility index (Phi) is 3.08. The summed E-state index contributed by atoms with van der Waals surface area (Å²) in [4.78, 5) is 12.6. The van der Waals surface area contributed by atoms with Crippen molar-refractivity contribution in [3.8, 4) is 0 Å². The lowest BCUT2D eigenvalue weighted by atomic mass is 9.65. The number of carbonyl (C=O) groups is 1. The van der Waals surface area contributed by atoms with E-state index in [0.717, 1.165) is 12.8 Å². The molecule has 2 saturated carbocycles. The van der Waals surface area contributed by atoms with Gasteiger partial charge in [0.1, 0.15) is 0 Å². The fourth-order valence-corrected chi connectivity index (χ4v) is 8.58. The van der Waals surface area contributed by atoms with Gasteiger partial charge in [0.25, 0.3) is 0 Å². The molecule has 0 spiro atoms. The largest absolute Gasteiger partial charge is 0.297 e. The Bertz CT molecular complexity index is 327. The smallest absolute Gasteiger partial charge is 0.156 e. The monoisotopic (exact) mass is 464 g/mol. The Labute approximate surface area is 124 Å². The fraction of sp³-hybridized carbons (Fsp3) is 0.900. The normalized spacial score (nSPS) is 47.9. The van der Waals surface area contributed by atoms with Crippen LogP contribution in [0.25, 0.3) is 0 Å². The molecule has 0 saturated heterocycles. The second-order valence-corrected chi connectivity index (χ2v) is 10.4. The van der Waals surface area contributed by atoms with Gasteiger partial charge in [0.2, 0.25) is 0 Å². The molecule has 1 nitrogen and oxygen atoms in total. The van der Waals surface area contributed by atoms with Crippen molar-refractivity contribution in [1.29, 1.82) is 0 Å². The average molecular weight is 468 g/mol. The van der Waals surface area contributed by atoms with Crippen LogP contribution in [0.2, 0.25) is 0 Å². The van der Waals surface area contributed by atoms with Gasteiger partial charge in [-0.2, -0.15) is 0 Å². The molecule has 15 heavy (non-hydrogen) atoms. The van der Waals surface area contributed by atoms with Gasteiger partial charge in [-0.25, -0.2) is 0 Å². The third-order valence-electron chi connectivity index (χ3n) is 4.25. The highest BCUT2D eigenvalue weighted by molar-refractivity contribution is 9.24. The number of halogens is 4. The Morgan fingerprint density at radius 3 is 2.13 bits per heavy atom. The maximum absolute atomic E-state index is 12.4. The first-order valence-corrected chi connectivity index (χ1v) is 8.41. The van der Waals surface area contributed by atoms with Gasteiger partial charge in [0.15, 0.2) is 5.78 Å². The molecule has 0 unspecified atom stereocenters. The summed E-state index contributed by atoms with van der Waals surface area (Å²) in [5.41, 5.74) is -0.353. The van der Waals surface area contributed by atoms with E-state index < -0.39 is 0 Å². The van der Waals surface area contributed by atoms with Crippen LogP contribution in [-0.4, -0.2) is 18.7 Å². The van der Waals surface area contributed by atoms with Crippen LogP contribution >= 0.6 is 63.7 Å². The minimum absolute atomic E-state index is 0.0480. The number of hydrogen-bond donors (Lipinski definition) is 0. The Balaban J connectivity index is 2.61. The summed E-state index contributed by atoms with van der Waals surface area (Å²) in [5.74, 6) is 0.326. The molecule has 0 aromatic carbocycles. The van der Waals surface area contributed by atoms with E-state index in [1.54, 1.807) is 0 Å². The Morgan fingerprint density at radius 2 is 1.87 bits per heavy atom. The zero-order chi connectivity index (χ0) is 11.6. The van der Waals surface area contributed by atoms with E-state index in [1.807, 2.05) is 0 Å². The summed E-state index contributed by atoms with van der Waals surface area (Å²) in [6.07, 6.45) is 1.97. The first kappa shape index (κ1) is 13.0. The summed E-state index contributed by atoms with van der Waals surface area (Å²) in [6, 6.07) is 0. The number of fused-ring (bicyclic) bond motifs is 2. The van der Waals surface area contributed by atoms with Crippen molar-refractivity contribution in [3.05, 3.63) is 0 Å². The van der Waals surface area contributed by atoms with Crippen molar-refractivity contribution < 1.29 is 4.79 Å². The molecule has 0 aromatic heterocycles. The molecular formula is C10H12Br4O. The number of rotatable bonds is 1. The fourth-order valence-electron chi connectivity index (χ4n) is 3.13. The van der Waals surface area contributed by atoms with Crippen molar-refractivity contribution in [2.45, 2.75) is 39.6 Å². The highest BCUT2D eigenvalue weighted by Crippen LogP contribution is 2.72. The summed E-state index contributed by atoms with van der Waals surface area (Å²) in [7, 11) is 0. The number of alkyl halides is 4. The molecule has 0 aliphatic heterocycles. The minimum Gasteiger partial charge on any atom is -0.297 e. The topological polar surface area (TPSA) is 17.1 Å². The standard InChI is InChI=1S/C10H12Br4O/c1-8(2)6(15)10(14)4-3-9(8,5(10)11)7(12)13/h5,7H,3-4H2,1-2H3/t5-,9+,10-/m0/s1. The molecule has 2 bridgehead atoms. The molecule has 0 aromatic rings. The van der Waals surface area contributed by atoms with Crippen LogP contribution in [0.5, 0.6) is 0 Å². The van der Waals surface area contributed by atoms with E-state index >= 15 is 0 Å². The SMILES string of the molecule is CC1(C)C(=O)[C@]2(Br)CC[C@]1(C(Br)Br)[C@@H]2Br.